The topological polar surface area (TPSA) is 114 Å². The van der Waals surface area contributed by atoms with Gasteiger partial charge in [-0.15, -0.1) is 0 Å². The van der Waals surface area contributed by atoms with Crippen molar-refractivity contribution in [3.05, 3.63) is 45.2 Å². The van der Waals surface area contributed by atoms with E-state index in [0.29, 0.717) is 91.2 Å². The minimum atomic E-state index is -0.827. The van der Waals surface area contributed by atoms with Crippen LogP contribution in [0.3, 0.4) is 0 Å². The van der Waals surface area contributed by atoms with E-state index in [1.54, 1.807) is 24.4 Å². The zero-order valence-electron chi connectivity index (χ0n) is 20.3. The van der Waals surface area contributed by atoms with E-state index in [2.05, 4.69) is 4.90 Å². The normalized spacial score (nSPS) is 20.6. The third-order valence-electron chi connectivity index (χ3n) is 6.81. The molecule has 0 radical (unpaired) electrons. The van der Waals surface area contributed by atoms with Crippen LogP contribution in [0.1, 0.15) is 44.1 Å². The first kappa shape index (κ1) is 25.8. The van der Waals surface area contributed by atoms with Gasteiger partial charge in [0.2, 0.25) is 0 Å². The standard InChI is InChI=1S/C25H28N4O6S2/c30-20(31)7-2-1-4-11-29-23(33)18(37-24(29)36)16-17-21(26-19-6-3-5-10-28(19)22(17)32)27-12-8-25(9-13-27)34-14-15-35-25/h3,5-6,10,16H,1-2,4,7-9,11-15H2,(H,30,31). The highest BCUT2D eigenvalue weighted by Crippen LogP contribution is 2.36. The molecular weight excluding hydrogens is 516 g/mol. The largest absolute Gasteiger partial charge is 0.481 e. The number of ether oxygens (including phenoxy) is 2. The number of carboxylic acids is 1. The zero-order valence-corrected chi connectivity index (χ0v) is 21.9. The first-order valence-electron chi connectivity index (χ1n) is 12.4. The molecule has 1 amide bonds. The molecule has 3 fully saturated rings. The Morgan fingerprint density at radius 3 is 2.65 bits per heavy atom. The highest BCUT2D eigenvalue weighted by molar-refractivity contribution is 8.26. The lowest BCUT2D eigenvalue weighted by Crippen LogP contribution is -2.46. The number of carboxylic acid groups (broad SMARTS) is 1. The number of fused-ring (bicyclic) bond motifs is 1. The van der Waals surface area contributed by atoms with Crippen molar-refractivity contribution in [2.24, 2.45) is 0 Å². The summed E-state index contributed by atoms with van der Waals surface area (Å²) < 4.78 is 13.6. The lowest BCUT2D eigenvalue weighted by atomic mass is 10.0. The van der Waals surface area contributed by atoms with Gasteiger partial charge in [-0.1, -0.05) is 36.5 Å². The highest BCUT2D eigenvalue weighted by atomic mass is 32.2. The van der Waals surface area contributed by atoms with E-state index in [1.807, 2.05) is 6.07 Å². The molecule has 0 unspecified atom stereocenters. The number of thiocarbonyl (C=S) groups is 1. The second-order valence-electron chi connectivity index (χ2n) is 9.22. The van der Waals surface area contributed by atoms with Crippen molar-refractivity contribution in [3.63, 3.8) is 0 Å². The van der Waals surface area contributed by atoms with Crippen LogP contribution in [-0.4, -0.2) is 74.2 Å². The molecule has 0 aliphatic carbocycles. The van der Waals surface area contributed by atoms with Crippen LogP contribution in [0.25, 0.3) is 11.7 Å². The van der Waals surface area contributed by atoms with Crippen LogP contribution in [0.15, 0.2) is 34.1 Å². The quantitative estimate of drug-likeness (QED) is 0.302. The molecule has 12 heteroatoms. The van der Waals surface area contributed by atoms with Crippen LogP contribution in [0.2, 0.25) is 0 Å². The van der Waals surface area contributed by atoms with Crippen molar-refractivity contribution in [3.8, 4) is 0 Å². The number of rotatable bonds is 8. The summed E-state index contributed by atoms with van der Waals surface area (Å²) in [5.41, 5.74) is 0.616. The van der Waals surface area contributed by atoms with E-state index in [1.165, 1.54) is 21.1 Å². The van der Waals surface area contributed by atoms with Crippen molar-refractivity contribution in [2.75, 3.05) is 37.7 Å². The van der Waals surface area contributed by atoms with Gasteiger partial charge in [-0.3, -0.25) is 23.7 Å². The second kappa shape index (κ2) is 10.9. The fraction of sp³-hybridized carbons (Fsp3) is 0.480. The van der Waals surface area contributed by atoms with Crippen LogP contribution in [0, 0.1) is 0 Å². The fourth-order valence-corrected chi connectivity index (χ4v) is 6.14. The SMILES string of the molecule is O=C(O)CCCCCN1C(=O)C(=Cc2c(N3CCC4(CC3)OCCO4)nc3ccccn3c2=O)SC1=S. The van der Waals surface area contributed by atoms with Crippen molar-refractivity contribution >= 4 is 57.7 Å². The highest BCUT2D eigenvalue weighted by Gasteiger charge is 2.41. The number of carbonyl (C=O) groups is 2. The molecule has 0 aromatic carbocycles. The summed E-state index contributed by atoms with van der Waals surface area (Å²) in [4.78, 5) is 46.3. The van der Waals surface area contributed by atoms with Crippen LogP contribution < -0.4 is 10.5 Å². The number of nitrogens with zero attached hydrogens (tertiary/aromatic N) is 4. The Kier molecular flexibility index (Phi) is 7.61. The molecule has 3 aliphatic heterocycles. The van der Waals surface area contributed by atoms with Gasteiger partial charge in [-0.25, -0.2) is 4.98 Å². The van der Waals surface area contributed by atoms with Gasteiger partial charge in [0.05, 0.1) is 23.7 Å². The molecule has 1 spiro atoms. The summed E-state index contributed by atoms with van der Waals surface area (Å²) in [6.07, 6.45) is 6.59. The molecular formula is C25H28N4O6S2. The lowest BCUT2D eigenvalue weighted by molar-refractivity contribution is -0.169. The predicted octanol–water partition coefficient (Wildman–Crippen LogP) is 2.88. The first-order chi connectivity index (χ1) is 17.9. The van der Waals surface area contributed by atoms with Crippen molar-refractivity contribution in [1.29, 1.82) is 0 Å². The number of aromatic nitrogens is 2. The van der Waals surface area contributed by atoms with E-state index in [0.717, 1.165) is 0 Å². The van der Waals surface area contributed by atoms with Crippen molar-refractivity contribution in [2.45, 2.75) is 44.3 Å². The van der Waals surface area contributed by atoms with Gasteiger partial charge in [0, 0.05) is 45.1 Å². The maximum Gasteiger partial charge on any atom is 0.303 e. The monoisotopic (exact) mass is 544 g/mol. The van der Waals surface area contributed by atoms with Crippen LogP contribution in [0.4, 0.5) is 5.82 Å². The summed E-state index contributed by atoms with van der Waals surface area (Å²) in [5.74, 6) is -1.10. The summed E-state index contributed by atoms with van der Waals surface area (Å²) in [6, 6.07) is 5.38. The van der Waals surface area contributed by atoms with Crippen LogP contribution in [0.5, 0.6) is 0 Å². The molecule has 2 aromatic rings. The average molecular weight is 545 g/mol. The number of aliphatic carboxylic acids is 1. The molecule has 0 atom stereocenters. The number of piperidine rings is 1. The number of amides is 1. The number of carbonyl (C=O) groups excluding carboxylic acids is 1. The summed E-state index contributed by atoms with van der Waals surface area (Å²) in [6.45, 7) is 2.79. The second-order valence-corrected chi connectivity index (χ2v) is 10.9. The number of hydrogen-bond donors (Lipinski definition) is 1. The Balaban J connectivity index is 1.41. The van der Waals surface area contributed by atoms with E-state index in [9.17, 15) is 14.4 Å². The molecule has 1 N–H and O–H groups in total. The van der Waals surface area contributed by atoms with Gasteiger partial charge in [0.15, 0.2) is 5.79 Å². The van der Waals surface area contributed by atoms with Crippen molar-refractivity contribution < 1.29 is 24.2 Å². The lowest BCUT2D eigenvalue weighted by Gasteiger charge is -2.38. The Morgan fingerprint density at radius 1 is 1.16 bits per heavy atom. The summed E-state index contributed by atoms with van der Waals surface area (Å²) >= 11 is 6.62. The van der Waals surface area contributed by atoms with Crippen LogP contribution in [-0.2, 0) is 19.1 Å². The van der Waals surface area contributed by atoms with E-state index in [4.69, 9.17) is 31.8 Å². The molecule has 10 nitrogen and oxygen atoms in total. The molecule has 0 saturated carbocycles. The minimum absolute atomic E-state index is 0.107. The molecule has 5 heterocycles. The van der Waals surface area contributed by atoms with E-state index >= 15 is 0 Å². The molecule has 3 aliphatic rings. The van der Waals surface area contributed by atoms with Gasteiger partial charge in [0.1, 0.15) is 15.8 Å². The zero-order chi connectivity index (χ0) is 26.0. The van der Waals surface area contributed by atoms with Gasteiger partial charge in [-0.05, 0) is 31.1 Å². The predicted molar refractivity (Wildman–Crippen MR) is 144 cm³/mol. The Morgan fingerprint density at radius 2 is 1.92 bits per heavy atom. The third kappa shape index (κ3) is 5.42. The van der Waals surface area contributed by atoms with Gasteiger partial charge in [-0.2, -0.15) is 0 Å². The maximum absolute atomic E-state index is 13.6. The van der Waals surface area contributed by atoms with Gasteiger partial charge in [0.25, 0.3) is 11.5 Å². The molecule has 37 heavy (non-hydrogen) atoms. The van der Waals surface area contributed by atoms with Crippen LogP contribution >= 0.6 is 24.0 Å². The summed E-state index contributed by atoms with van der Waals surface area (Å²) in [5, 5.41) is 8.80. The Labute approximate surface area is 223 Å². The van der Waals surface area contributed by atoms with Gasteiger partial charge >= 0.3 is 5.97 Å². The number of unbranched alkanes of at least 4 members (excludes halogenated alkanes) is 2. The fourth-order valence-electron chi connectivity index (χ4n) is 4.85. The van der Waals surface area contributed by atoms with Crippen molar-refractivity contribution in [1.82, 2.24) is 14.3 Å². The number of hydrogen-bond acceptors (Lipinski definition) is 9. The minimum Gasteiger partial charge on any atom is -0.481 e. The number of pyridine rings is 1. The first-order valence-corrected chi connectivity index (χ1v) is 13.6. The molecule has 5 rings (SSSR count). The molecule has 3 saturated heterocycles. The van der Waals surface area contributed by atoms with Gasteiger partial charge < -0.3 is 19.5 Å². The van der Waals surface area contributed by atoms with E-state index < -0.39 is 11.8 Å². The third-order valence-corrected chi connectivity index (χ3v) is 8.19. The molecule has 196 valence electrons. The number of anilines is 1. The summed E-state index contributed by atoms with van der Waals surface area (Å²) in [7, 11) is 0. The smallest absolute Gasteiger partial charge is 0.303 e. The van der Waals surface area contributed by atoms with E-state index in [-0.39, 0.29) is 17.9 Å². The Hall–Kier alpha value is -2.80. The maximum atomic E-state index is 13.6. The molecule has 2 aromatic heterocycles. The Bertz CT molecular complexity index is 1310. The average Bonchev–Trinajstić information content (AvgIpc) is 3.45. The molecule has 0 bridgehead atoms. The number of thioether (sulfide) groups is 1.